The van der Waals surface area contributed by atoms with Crippen molar-refractivity contribution in [3.63, 3.8) is 0 Å². The number of benzene rings is 2. The number of nitro groups is 1. The summed E-state index contributed by atoms with van der Waals surface area (Å²) in [4.78, 5) is 18.1. The summed E-state index contributed by atoms with van der Waals surface area (Å²) in [6.07, 6.45) is 3.32. The summed E-state index contributed by atoms with van der Waals surface area (Å²) >= 11 is 6.46. The molecule has 3 N–H and O–H groups in total. The molecule has 4 aromatic rings. The maximum Gasteiger partial charge on any atom is 0.272 e. The highest BCUT2D eigenvalue weighted by molar-refractivity contribution is 6.35. The molecule has 0 saturated heterocycles. The van der Waals surface area contributed by atoms with Crippen LogP contribution in [0.3, 0.4) is 0 Å². The summed E-state index contributed by atoms with van der Waals surface area (Å²) in [7, 11) is 0. The Hall–Kier alpha value is -3.71. The minimum Gasteiger partial charge on any atom is -0.505 e. The first kappa shape index (κ1) is 18.6. The van der Waals surface area contributed by atoms with Gasteiger partial charge in [-0.2, -0.15) is 0 Å². The van der Waals surface area contributed by atoms with Gasteiger partial charge in [-0.25, -0.2) is 4.98 Å². The molecule has 29 heavy (non-hydrogen) atoms. The van der Waals surface area contributed by atoms with E-state index in [4.69, 9.17) is 11.6 Å². The summed E-state index contributed by atoms with van der Waals surface area (Å²) in [5.74, 6) is 0.630. The van der Waals surface area contributed by atoms with Crippen molar-refractivity contribution in [2.45, 2.75) is 6.04 Å². The number of nitro benzene ring substituents is 1. The van der Waals surface area contributed by atoms with E-state index in [1.54, 1.807) is 42.7 Å². The molecule has 2 aromatic carbocycles. The van der Waals surface area contributed by atoms with Crippen LogP contribution in [0.1, 0.15) is 17.2 Å². The Kier molecular flexibility index (Phi) is 4.97. The second-order valence-electron chi connectivity index (χ2n) is 6.40. The number of aromatic amines is 1. The molecule has 0 aliphatic heterocycles. The SMILES string of the molecule is O=[N+]([O-])c1cccc([C@@H](Nc2cccc[nH+]2)c2cc(Cl)c3cccnc3c2O)c1. The highest BCUT2D eigenvalue weighted by atomic mass is 35.5. The van der Waals surface area contributed by atoms with Crippen molar-refractivity contribution >= 4 is 34.0 Å². The number of phenolic OH excluding ortho intramolecular Hbond substituents is 1. The van der Waals surface area contributed by atoms with Crippen LogP contribution in [0.2, 0.25) is 5.02 Å². The molecular weight excluding hydrogens is 392 g/mol. The van der Waals surface area contributed by atoms with Crippen LogP contribution in [0.4, 0.5) is 11.5 Å². The number of hydrogen-bond acceptors (Lipinski definition) is 5. The van der Waals surface area contributed by atoms with E-state index in [1.165, 1.54) is 12.1 Å². The fraction of sp³-hybridized carbons (Fsp3) is 0.0476. The van der Waals surface area contributed by atoms with Gasteiger partial charge in [-0.1, -0.05) is 29.8 Å². The quantitative estimate of drug-likeness (QED) is 0.374. The number of halogens is 1. The molecule has 0 aliphatic rings. The van der Waals surface area contributed by atoms with Gasteiger partial charge in [0.25, 0.3) is 11.5 Å². The van der Waals surface area contributed by atoms with Crippen molar-refractivity contribution in [1.29, 1.82) is 0 Å². The summed E-state index contributed by atoms with van der Waals surface area (Å²) in [6.45, 7) is 0. The van der Waals surface area contributed by atoms with Crippen LogP contribution in [-0.2, 0) is 0 Å². The van der Waals surface area contributed by atoms with Gasteiger partial charge in [-0.3, -0.25) is 20.4 Å². The second kappa shape index (κ2) is 7.73. The van der Waals surface area contributed by atoms with Crippen LogP contribution in [0, 0.1) is 10.1 Å². The highest BCUT2D eigenvalue weighted by Gasteiger charge is 2.26. The van der Waals surface area contributed by atoms with Crippen molar-refractivity contribution in [2.24, 2.45) is 0 Å². The minimum atomic E-state index is -0.613. The van der Waals surface area contributed by atoms with Crippen molar-refractivity contribution in [2.75, 3.05) is 5.32 Å². The Morgan fingerprint density at radius 2 is 2.00 bits per heavy atom. The number of fused-ring (bicyclic) bond motifs is 1. The summed E-state index contributed by atoms with van der Waals surface area (Å²) in [6, 6.07) is 16.3. The van der Waals surface area contributed by atoms with E-state index in [-0.39, 0.29) is 11.4 Å². The first-order valence-electron chi connectivity index (χ1n) is 8.78. The van der Waals surface area contributed by atoms with Crippen LogP contribution >= 0.6 is 11.6 Å². The van der Waals surface area contributed by atoms with Crippen LogP contribution in [-0.4, -0.2) is 15.0 Å². The molecular formula is C21H16ClN4O3+. The molecule has 2 heterocycles. The number of non-ortho nitro benzene ring substituents is 1. The van der Waals surface area contributed by atoms with Gasteiger partial charge < -0.3 is 5.11 Å². The number of hydrogen-bond donors (Lipinski definition) is 2. The van der Waals surface area contributed by atoms with Crippen LogP contribution < -0.4 is 10.3 Å². The maximum atomic E-state index is 11.3. The fourth-order valence-electron chi connectivity index (χ4n) is 3.22. The number of nitrogens with zero attached hydrogens (tertiary/aromatic N) is 2. The van der Waals surface area contributed by atoms with Gasteiger partial charge in [0.2, 0.25) is 0 Å². The molecule has 0 spiro atoms. The Labute approximate surface area is 170 Å². The lowest BCUT2D eigenvalue weighted by atomic mass is 9.95. The molecule has 8 heteroatoms. The van der Waals surface area contributed by atoms with E-state index in [2.05, 4.69) is 15.3 Å². The molecule has 1 atom stereocenters. The van der Waals surface area contributed by atoms with E-state index in [0.717, 1.165) is 0 Å². The number of aromatic hydroxyl groups is 1. The largest absolute Gasteiger partial charge is 0.505 e. The van der Waals surface area contributed by atoms with E-state index in [0.29, 0.717) is 32.9 Å². The lowest BCUT2D eigenvalue weighted by Crippen LogP contribution is -2.19. The van der Waals surface area contributed by atoms with Crippen molar-refractivity contribution in [1.82, 2.24) is 4.98 Å². The van der Waals surface area contributed by atoms with E-state index in [1.807, 2.05) is 18.2 Å². The first-order chi connectivity index (χ1) is 14.0. The zero-order valence-electron chi connectivity index (χ0n) is 15.0. The average Bonchev–Trinajstić information content (AvgIpc) is 2.75. The van der Waals surface area contributed by atoms with Crippen LogP contribution in [0.15, 0.2) is 73.1 Å². The van der Waals surface area contributed by atoms with Gasteiger partial charge in [-0.15, -0.1) is 0 Å². The predicted octanol–water partition coefficient (Wildman–Crippen LogP) is 4.52. The molecule has 2 aromatic heterocycles. The van der Waals surface area contributed by atoms with E-state index < -0.39 is 11.0 Å². The molecule has 4 rings (SSSR count). The molecule has 0 saturated carbocycles. The Bertz CT molecular complexity index is 1200. The molecule has 0 aliphatic carbocycles. The smallest absolute Gasteiger partial charge is 0.272 e. The summed E-state index contributed by atoms with van der Waals surface area (Å²) < 4.78 is 0. The predicted molar refractivity (Wildman–Crippen MR) is 110 cm³/mol. The lowest BCUT2D eigenvalue weighted by molar-refractivity contribution is -0.384. The van der Waals surface area contributed by atoms with Gasteiger partial charge in [-0.05, 0) is 24.3 Å². The zero-order chi connectivity index (χ0) is 20.4. The Morgan fingerprint density at radius 1 is 1.14 bits per heavy atom. The molecule has 144 valence electrons. The van der Waals surface area contributed by atoms with Gasteiger partial charge >= 0.3 is 0 Å². The van der Waals surface area contributed by atoms with Crippen molar-refractivity contribution in [3.05, 3.63) is 99.3 Å². The Morgan fingerprint density at radius 3 is 2.76 bits per heavy atom. The Balaban J connectivity index is 1.91. The second-order valence-corrected chi connectivity index (χ2v) is 6.81. The van der Waals surface area contributed by atoms with Crippen LogP contribution in [0.5, 0.6) is 5.75 Å². The lowest BCUT2D eigenvalue weighted by Gasteiger charge is -2.18. The number of pyridine rings is 2. The fourth-order valence-corrected chi connectivity index (χ4v) is 3.49. The third kappa shape index (κ3) is 3.68. The van der Waals surface area contributed by atoms with Crippen molar-refractivity contribution < 1.29 is 15.0 Å². The standard InChI is InChI=1S/C21H15ClN4O3/c22-17-12-16(21(27)20-15(17)7-4-10-24-20)19(25-18-8-1-2-9-23-18)13-5-3-6-14(11-13)26(28)29/h1-12,19,27H,(H,23,25)/p+1/t19-/m1/s1. The summed E-state index contributed by atoms with van der Waals surface area (Å²) in [5, 5.41) is 26.6. The molecule has 0 unspecified atom stereocenters. The van der Waals surface area contributed by atoms with Crippen LogP contribution in [0.25, 0.3) is 10.9 Å². The van der Waals surface area contributed by atoms with E-state index >= 15 is 0 Å². The molecule has 0 radical (unpaired) electrons. The van der Waals surface area contributed by atoms with Gasteiger partial charge in [0.05, 0.1) is 16.1 Å². The number of H-pyrrole nitrogens is 1. The van der Waals surface area contributed by atoms with Crippen molar-refractivity contribution in [3.8, 4) is 5.75 Å². The molecule has 7 nitrogen and oxygen atoms in total. The van der Waals surface area contributed by atoms with Gasteiger partial charge in [0.15, 0.2) is 0 Å². The van der Waals surface area contributed by atoms with Gasteiger partial charge in [0, 0.05) is 40.9 Å². The van der Waals surface area contributed by atoms with Gasteiger partial charge in [0.1, 0.15) is 17.3 Å². The average molecular weight is 408 g/mol. The molecule has 0 amide bonds. The topological polar surface area (TPSA) is 102 Å². The number of aromatic nitrogens is 2. The number of phenols is 1. The number of nitrogens with one attached hydrogen (secondary N) is 2. The monoisotopic (exact) mass is 407 g/mol. The zero-order valence-corrected chi connectivity index (χ0v) is 15.8. The maximum absolute atomic E-state index is 11.3. The molecule has 0 bridgehead atoms. The number of rotatable bonds is 5. The molecule has 0 fully saturated rings. The minimum absolute atomic E-state index is 0.0371. The first-order valence-corrected chi connectivity index (χ1v) is 9.16. The summed E-state index contributed by atoms with van der Waals surface area (Å²) in [5.41, 5.74) is 1.37. The normalized spacial score (nSPS) is 11.9. The number of anilines is 1. The third-order valence-electron chi connectivity index (χ3n) is 4.58. The highest BCUT2D eigenvalue weighted by Crippen LogP contribution is 2.39. The third-order valence-corrected chi connectivity index (χ3v) is 4.89. The van der Waals surface area contributed by atoms with E-state index in [9.17, 15) is 15.2 Å².